The zero-order valence-electron chi connectivity index (χ0n) is 17.7. The number of carbonyl (C=O) groups is 1. The highest BCUT2D eigenvalue weighted by atomic mass is 19.1. The van der Waals surface area contributed by atoms with Crippen LogP contribution in [0.5, 0.6) is 0 Å². The monoisotopic (exact) mass is 469 g/mol. The molecule has 2 amide bonds. The van der Waals surface area contributed by atoms with Crippen molar-refractivity contribution in [2.45, 2.75) is 0 Å². The van der Waals surface area contributed by atoms with Gasteiger partial charge in [0, 0.05) is 35.8 Å². The zero-order chi connectivity index (χ0) is 24.4. The quantitative estimate of drug-likeness (QED) is 0.345. The lowest BCUT2D eigenvalue weighted by molar-refractivity contribution is 0.255. The number of hydrogen-bond donors (Lipinski definition) is 3. The Bertz CT molecular complexity index is 1380. The second kappa shape index (κ2) is 9.36. The van der Waals surface area contributed by atoms with Crippen LogP contribution >= 0.6 is 0 Å². The number of carbonyl (C=O) groups excluding carboxylic acids is 1. The minimum Gasteiger partial charge on any atom is -0.384 e. The number of benzene rings is 3. The lowest BCUT2D eigenvalue weighted by Crippen LogP contribution is -2.33. The first-order valence-corrected chi connectivity index (χ1v) is 10.2. The van der Waals surface area contributed by atoms with Crippen LogP contribution in [-0.2, 0) is 0 Å². The van der Waals surface area contributed by atoms with Crippen molar-refractivity contribution in [1.82, 2.24) is 4.98 Å². The predicted octanol–water partition coefficient (Wildman–Crippen LogP) is 5.05. The van der Waals surface area contributed by atoms with Crippen molar-refractivity contribution < 1.29 is 22.4 Å². The molecule has 0 radical (unpaired) electrons. The molecule has 0 bridgehead atoms. The Morgan fingerprint density at radius 1 is 0.941 bits per heavy atom. The fourth-order valence-corrected chi connectivity index (χ4v) is 3.61. The van der Waals surface area contributed by atoms with E-state index in [9.17, 15) is 22.4 Å². The lowest BCUT2D eigenvalue weighted by atomic mass is 10.0. The van der Waals surface area contributed by atoms with E-state index < -0.39 is 35.0 Å². The summed E-state index contributed by atoms with van der Waals surface area (Å²) < 4.78 is 57.4. The van der Waals surface area contributed by atoms with E-state index in [2.05, 4.69) is 10.3 Å². The van der Waals surface area contributed by atoms with Crippen LogP contribution in [-0.4, -0.2) is 24.1 Å². The van der Waals surface area contributed by atoms with Crippen molar-refractivity contribution in [1.29, 1.82) is 0 Å². The predicted molar refractivity (Wildman–Crippen MR) is 123 cm³/mol. The smallest absolute Gasteiger partial charge is 0.325 e. The number of fused-ring (bicyclic) bond motifs is 1. The van der Waals surface area contributed by atoms with Crippen LogP contribution in [0.2, 0.25) is 0 Å². The third-order valence-corrected chi connectivity index (χ3v) is 5.09. The second-order valence-corrected chi connectivity index (χ2v) is 7.35. The zero-order valence-corrected chi connectivity index (χ0v) is 17.7. The molecule has 10 heteroatoms. The highest BCUT2D eigenvalue weighted by Gasteiger charge is 2.26. The molecule has 0 aliphatic rings. The van der Waals surface area contributed by atoms with Gasteiger partial charge in [-0.3, -0.25) is 0 Å². The highest BCUT2D eigenvalue weighted by Crippen LogP contribution is 2.36. The van der Waals surface area contributed by atoms with Gasteiger partial charge in [0.1, 0.15) is 34.8 Å². The Kier molecular flexibility index (Phi) is 6.33. The maximum Gasteiger partial charge on any atom is 0.325 e. The molecule has 1 aromatic heterocycles. The van der Waals surface area contributed by atoms with Crippen molar-refractivity contribution >= 4 is 34.0 Å². The van der Waals surface area contributed by atoms with Crippen molar-refractivity contribution in [2.75, 3.05) is 23.3 Å². The van der Waals surface area contributed by atoms with Gasteiger partial charge in [-0.1, -0.05) is 12.1 Å². The molecule has 174 valence electrons. The number of halogens is 4. The van der Waals surface area contributed by atoms with Gasteiger partial charge in [0.25, 0.3) is 0 Å². The fourth-order valence-electron chi connectivity index (χ4n) is 3.61. The molecular formula is C24H19F4N5O. The van der Waals surface area contributed by atoms with Crippen LogP contribution in [0.25, 0.3) is 22.0 Å². The summed E-state index contributed by atoms with van der Waals surface area (Å²) >= 11 is 0. The van der Waals surface area contributed by atoms with Crippen molar-refractivity contribution in [3.8, 4) is 11.3 Å². The summed E-state index contributed by atoms with van der Waals surface area (Å²) in [6.45, 7) is 0.838. The number of urea groups is 1. The van der Waals surface area contributed by atoms with Crippen LogP contribution in [0.15, 0.2) is 60.7 Å². The van der Waals surface area contributed by atoms with E-state index >= 15 is 0 Å². The standard InChI is InChI=1S/C24H19F4N5O/c25-14-4-6-17(20(28)12-14)22-16-7-5-15(31-9-8-29)10-13(16)11-21(32-22)33(24(30)34)23-18(26)2-1-3-19(23)27/h1-7,10-12,31H,8-9,29H2,(H2,30,34). The second-order valence-electron chi connectivity index (χ2n) is 7.35. The Labute approximate surface area is 191 Å². The van der Waals surface area contributed by atoms with Crippen LogP contribution in [0.3, 0.4) is 0 Å². The molecule has 5 N–H and O–H groups in total. The third-order valence-electron chi connectivity index (χ3n) is 5.09. The Balaban J connectivity index is 2.01. The summed E-state index contributed by atoms with van der Waals surface area (Å²) in [6, 6.07) is 11.2. The Hall–Kier alpha value is -4.18. The average molecular weight is 469 g/mol. The SMILES string of the molecule is NCCNc1ccc2c(-c3ccc(F)cc3F)nc(N(C(N)=O)c3c(F)cccc3F)cc2c1. The number of para-hydroxylation sites is 1. The van der Waals surface area contributed by atoms with Crippen LogP contribution in [0, 0.1) is 23.3 Å². The van der Waals surface area contributed by atoms with Crippen molar-refractivity contribution in [3.05, 3.63) is 83.9 Å². The molecule has 0 fully saturated rings. The van der Waals surface area contributed by atoms with E-state index in [1.165, 1.54) is 12.1 Å². The molecule has 0 spiro atoms. The number of nitrogens with two attached hydrogens (primary N) is 2. The molecule has 0 saturated carbocycles. The number of primary amides is 1. The largest absolute Gasteiger partial charge is 0.384 e. The molecule has 3 aromatic carbocycles. The summed E-state index contributed by atoms with van der Waals surface area (Å²) in [4.78, 5) is 17.2. The third kappa shape index (κ3) is 4.35. The van der Waals surface area contributed by atoms with Crippen LogP contribution in [0.4, 0.5) is 39.5 Å². The normalized spacial score (nSPS) is 11.0. The molecule has 1 heterocycles. The maximum absolute atomic E-state index is 14.7. The molecule has 0 saturated heterocycles. The maximum atomic E-state index is 14.7. The van der Waals surface area contributed by atoms with Gasteiger partial charge in [0.2, 0.25) is 0 Å². The summed E-state index contributed by atoms with van der Waals surface area (Å²) in [7, 11) is 0. The summed E-state index contributed by atoms with van der Waals surface area (Å²) in [5.41, 5.74) is 10.9. The van der Waals surface area contributed by atoms with Crippen LogP contribution < -0.4 is 21.7 Å². The molecule has 0 atom stereocenters. The van der Waals surface area contributed by atoms with Gasteiger partial charge < -0.3 is 16.8 Å². The molecule has 4 rings (SSSR count). The number of pyridine rings is 1. The van der Waals surface area contributed by atoms with Crippen LogP contribution in [0.1, 0.15) is 0 Å². The molecule has 6 nitrogen and oxygen atoms in total. The van der Waals surface area contributed by atoms with E-state index in [0.29, 0.717) is 40.5 Å². The number of anilines is 3. The number of aromatic nitrogens is 1. The molecular weight excluding hydrogens is 450 g/mol. The summed E-state index contributed by atoms with van der Waals surface area (Å²) in [5, 5.41) is 3.99. The fraction of sp³-hybridized carbons (Fsp3) is 0.0833. The first-order chi connectivity index (χ1) is 16.3. The molecule has 34 heavy (non-hydrogen) atoms. The summed E-state index contributed by atoms with van der Waals surface area (Å²) in [6.07, 6.45) is 0. The van der Waals surface area contributed by atoms with Gasteiger partial charge in [-0.15, -0.1) is 0 Å². The molecule has 0 aliphatic carbocycles. The Morgan fingerprint density at radius 2 is 1.68 bits per heavy atom. The minimum atomic E-state index is -1.21. The van der Waals surface area contributed by atoms with E-state index in [4.69, 9.17) is 11.5 Å². The van der Waals surface area contributed by atoms with Gasteiger partial charge in [-0.2, -0.15) is 0 Å². The lowest BCUT2D eigenvalue weighted by Gasteiger charge is -2.22. The number of nitrogens with one attached hydrogen (secondary N) is 1. The van der Waals surface area contributed by atoms with E-state index in [-0.39, 0.29) is 17.1 Å². The number of nitrogens with zero attached hydrogens (tertiary/aromatic N) is 2. The van der Waals surface area contributed by atoms with E-state index in [1.54, 1.807) is 18.2 Å². The topological polar surface area (TPSA) is 97.3 Å². The molecule has 0 unspecified atom stereocenters. The molecule has 0 aliphatic heterocycles. The first kappa shape index (κ1) is 23.0. The van der Waals surface area contributed by atoms with Gasteiger partial charge in [0.15, 0.2) is 0 Å². The van der Waals surface area contributed by atoms with Gasteiger partial charge in [-0.25, -0.2) is 32.2 Å². The number of rotatable bonds is 6. The van der Waals surface area contributed by atoms with Gasteiger partial charge >= 0.3 is 6.03 Å². The van der Waals surface area contributed by atoms with E-state index in [0.717, 1.165) is 24.3 Å². The van der Waals surface area contributed by atoms with E-state index in [1.807, 2.05) is 0 Å². The first-order valence-electron chi connectivity index (χ1n) is 10.2. The van der Waals surface area contributed by atoms with Crippen molar-refractivity contribution in [3.63, 3.8) is 0 Å². The summed E-state index contributed by atoms with van der Waals surface area (Å²) in [5.74, 6) is -4.04. The average Bonchev–Trinajstić information content (AvgIpc) is 2.79. The minimum absolute atomic E-state index is 0.0263. The number of amides is 2. The highest BCUT2D eigenvalue weighted by molar-refractivity contribution is 6.03. The Morgan fingerprint density at radius 3 is 2.32 bits per heavy atom. The molecule has 4 aromatic rings. The number of hydrogen-bond acceptors (Lipinski definition) is 4. The van der Waals surface area contributed by atoms with Gasteiger partial charge in [0.05, 0.1) is 5.69 Å². The van der Waals surface area contributed by atoms with Gasteiger partial charge in [-0.05, 0) is 47.9 Å². The van der Waals surface area contributed by atoms with Crippen molar-refractivity contribution in [2.24, 2.45) is 11.5 Å².